The third-order valence-corrected chi connectivity index (χ3v) is 6.96. The number of anilines is 2. The largest absolute Gasteiger partial charge is 0.380 e. The number of nitrogens with one attached hydrogen (secondary N) is 1. The van der Waals surface area contributed by atoms with E-state index >= 15 is 0 Å². The van der Waals surface area contributed by atoms with Crippen molar-refractivity contribution in [1.29, 1.82) is 0 Å². The van der Waals surface area contributed by atoms with Crippen LogP contribution in [0.2, 0.25) is 0 Å². The van der Waals surface area contributed by atoms with Gasteiger partial charge in [0.15, 0.2) is 0 Å². The number of thioether (sulfide) groups is 1. The van der Waals surface area contributed by atoms with Gasteiger partial charge in [-0.1, -0.05) is 30.3 Å². The van der Waals surface area contributed by atoms with Gasteiger partial charge in [0, 0.05) is 50.7 Å². The van der Waals surface area contributed by atoms with Crippen molar-refractivity contribution in [2.24, 2.45) is 5.73 Å². The minimum absolute atomic E-state index is 0.0286. The second kappa shape index (κ2) is 11.3. The molecule has 11 heteroatoms. The van der Waals surface area contributed by atoms with Crippen LogP contribution in [0.3, 0.4) is 0 Å². The lowest BCUT2D eigenvalue weighted by atomic mass is 10.1. The first-order valence-corrected chi connectivity index (χ1v) is 12.3. The summed E-state index contributed by atoms with van der Waals surface area (Å²) in [5.41, 5.74) is 7.06. The smallest absolute Gasteiger partial charge is 0.288 e. The Morgan fingerprint density at radius 3 is 2.80 bits per heavy atom. The number of aromatic nitrogens is 4. The topological polar surface area (TPSA) is 130 Å². The lowest BCUT2D eigenvalue weighted by molar-refractivity contribution is -0.117. The molecule has 2 aliphatic heterocycles. The molecule has 1 atom stereocenters. The van der Waals surface area contributed by atoms with Gasteiger partial charge in [-0.3, -0.25) is 14.7 Å². The van der Waals surface area contributed by atoms with Gasteiger partial charge in [-0.05, 0) is 18.1 Å². The normalized spacial score (nSPS) is 17.4. The highest BCUT2D eigenvalue weighted by molar-refractivity contribution is 7.99. The van der Waals surface area contributed by atoms with E-state index in [0.29, 0.717) is 24.8 Å². The van der Waals surface area contributed by atoms with E-state index in [9.17, 15) is 9.59 Å². The number of aromatic amines is 1. The SMILES string of the molecule is COC1CCN(c2cc3c(cn2)N(C)C(=O)CCS3)C1.NC(=O)c1n[nH]c(Cc2ccccc2)n1. The number of carbonyl (C=O) groups is 2. The Morgan fingerprint density at radius 2 is 2.11 bits per heavy atom. The maximum atomic E-state index is 11.9. The first-order chi connectivity index (χ1) is 16.9. The number of nitrogens with two attached hydrogens (primary N) is 1. The number of pyridine rings is 1. The van der Waals surface area contributed by atoms with E-state index in [-0.39, 0.29) is 11.7 Å². The zero-order valence-electron chi connectivity index (χ0n) is 19.8. The molecule has 1 saturated heterocycles. The van der Waals surface area contributed by atoms with E-state index in [4.69, 9.17) is 10.5 Å². The molecule has 1 fully saturated rings. The summed E-state index contributed by atoms with van der Waals surface area (Å²) < 4.78 is 5.40. The third kappa shape index (κ3) is 6.17. The molecule has 5 rings (SSSR count). The number of rotatable bonds is 5. The minimum Gasteiger partial charge on any atom is -0.380 e. The van der Waals surface area contributed by atoms with Crippen LogP contribution >= 0.6 is 11.8 Å². The number of primary amides is 1. The van der Waals surface area contributed by atoms with Crippen LogP contribution in [-0.4, -0.2) is 71.1 Å². The summed E-state index contributed by atoms with van der Waals surface area (Å²) in [7, 11) is 3.58. The number of nitrogens with zero attached hydrogens (tertiary/aromatic N) is 5. The highest BCUT2D eigenvalue weighted by Crippen LogP contribution is 2.35. The Kier molecular flexibility index (Phi) is 7.98. The maximum absolute atomic E-state index is 11.9. The van der Waals surface area contributed by atoms with Gasteiger partial charge in [-0.2, -0.15) is 0 Å². The number of hydrogen-bond donors (Lipinski definition) is 2. The molecule has 2 aromatic heterocycles. The number of amides is 2. The van der Waals surface area contributed by atoms with Gasteiger partial charge < -0.3 is 20.3 Å². The third-order valence-electron chi connectivity index (χ3n) is 5.91. The molecule has 3 N–H and O–H groups in total. The second-order valence-corrected chi connectivity index (χ2v) is 9.42. The average molecular weight is 496 g/mol. The summed E-state index contributed by atoms with van der Waals surface area (Å²) in [6, 6.07) is 11.9. The summed E-state index contributed by atoms with van der Waals surface area (Å²) in [4.78, 5) is 36.2. The molecular formula is C24H29N7O3S. The summed E-state index contributed by atoms with van der Waals surface area (Å²) in [5.74, 6) is 2.02. The first kappa shape index (κ1) is 24.7. The van der Waals surface area contributed by atoms with E-state index in [1.54, 1.807) is 23.8 Å². The van der Waals surface area contributed by atoms with Gasteiger partial charge in [-0.25, -0.2) is 9.97 Å². The second-order valence-electron chi connectivity index (χ2n) is 8.29. The van der Waals surface area contributed by atoms with E-state index in [2.05, 4.69) is 31.1 Å². The Bertz CT molecular complexity index is 1170. The highest BCUT2D eigenvalue weighted by Gasteiger charge is 2.25. The fraction of sp³-hybridized carbons (Fsp3) is 0.375. The predicted molar refractivity (Wildman–Crippen MR) is 135 cm³/mol. The van der Waals surface area contributed by atoms with Gasteiger partial charge in [0.05, 0.1) is 18.0 Å². The zero-order chi connectivity index (χ0) is 24.8. The molecule has 0 radical (unpaired) electrons. The molecule has 3 aromatic rings. The van der Waals surface area contributed by atoms with Crippen LogP contribution in [0.1, 0.15) is 34.8 Å². The van der Waals surface area contributed by atoms with Crippen molar-refractivity contribution >= 4 is 35.1 Å². The van der Waals surface area contributed by atoms with Crippen molar-refractivity contribution in [2.45, 2.75) is 30.3 Å². The minimum atomic E-state index is -0.620. The molecule has 0 bridgehead atoms. The van der Waals surface area contributed by atoms with E-state index in [1.807, 2.05) is 43.6 Å². The van der Waals surface area contributed by atoms with Crippen LogP contribution in [0.4, 0.5) is 11.5 Å². The number of benzene rings is 1. The van der Waals surface area contributed by atoms with Crippen LogP contribution in [0.25, 0.3) is 0 Å². The quantitative estimate of drug-likeness (QED) is 0.551. The fourth-order valence-electron chi connectivity index (χ4n) is 3.91. The standard InChI is InChI=1S/C14H19N3O2S.C10H10N4O/c1-16-11-8-15-13(17-5-3-10(9-17)19-2)7-12(11)20-6-4-14(16)18;11-9(15)10-12-8(13-14-10)6-7-4-2-1-3-5-7/h7-8,10H,3-6,9H2,1-2H3;1-5H,6H2,(H2,11,15)(H,12,13,14). The van der Waals surface area contributed by atoms with Gasteiger partial charge in [0.25, 0.3) is 5.91 Å². The average Bonchev–Trinajstić information content (AvgIpc) is 3.52. The summed E-state index contributed by atoms with van der Waals surface area (Å²) in [6.45, 7) is 1.87. The molecule has 1 unspecified atom stereocenters. The van der Waals surface area contributed by atoms with Gasteiger partial charge in [-0.15, -0.1) is 16.9 Å². The highest BCUT2D eigenvalue weighted by atomic mass is 32.2. The molecule has 10 nitrogen and oxygen atoms in total. The molecule has 0 saturated carbocycles. The summed E-state index contributed by atoms with van der Waals surface area (Å²) >= 11 is 1.74. The fourth-order valence-corrected chi connectivity index (χ4v) is 4.94. The molecule has 0 aliphatic carbocycles. The Labute approximate surface area is 208 Å². The molecule has 184 valence electrons. The first-order valence-electron chi connectivity index (χ1n) is 11.4. The lowest BCUT2D eigenvalue weighted by Gasteiger charge is -2.21. The van der Waals surface area contributed by atoms with Crippen molar-refractivity contribution in [1.82, 2.24) is 20.2 Å². The zero-order valence-corrected chi connectivity index (χ0v) is 20.6. The molecule has 2 aliphatic rings. The predicted octanol–water partition coefficient (Wildman–Crippen LogP) is 2.26. The van der Waals surface area contributed by atoms with Gasteiger partial charge >= 0.3 is 0 Å². The Morgan fingerprint density at radius 1 is 1.31 bits per heavy atom. The molecule has 0 spiro atoms. The van der Waals surface area contributed by atoms with Crippen molar-refractivity contribution in [3.05, 3.63) is 59.8 Å². The van der Waals surface area contributed by atoms with E-state index in [1.165, 1.54) is 0 Å². The Hall–Kier alpha value is -3.44. The molecule has 1 aromatic carbocycles. The van der Waals surface area contributed by atoms with Crippen LogP contribution in [-0.2, 0) is 16.0 Å². The number of ether oxygens (including phenoxy) is 1. The van der Waals surface area contributed by atoms with Crippen molar-refractivity contribution in [3.63, 3.8) is 0 Å². The van der Waals surface area contributed by atoms with Crippen LogP contribution < -0.4 is 15.5 Å². The van der Waals surface area contributed by atoms with Crippen molar-refractivity contribution in [2.75, 3.05) is 42.8 Å². The van der Waals surface area contributed by atoms with Gasteiger partial charge in [0.1, 0.15) is 11.6 Å². The van der Waals surface area contributed by atoms with Crippen LogP contribution in [0, 0.1) is 0 Å². The Balaban J connectivity index is 0.000000172. The number of methoxy groups -OCH3 is 1. The summed E-state index contributed by atoms with van der Waals surface area (Å²) in [6.07, 6.45) is 4.36. The van der Waals surface area contributed by atoms with Crippen LogP contribution in [0.5, 0.6) is 0 Å². The van der Waals surface area contributed by atoms with E-state index in [0.717, 1.165) is 47.2 Å². The molecule has 4 heterocycles. The summed E-state index contributed by atoms with van der Waals surface area (Å²) in [5, 5.41) is 6.37. The number of fused-ring (bicyclic) bond motifs is 1. The van der Waals surface area contributed by atoms with Crippen molar-refractivity contribution < 1.29 is 14.3 Å². The van der Waals surface area contributed by atoms with Gasteiger partial charge in [0.2, 0.25) is 11.7 Å². The van der Waals surface area contributed by atoms with E-state index < -0.39 is 5.91 Å². The van der Waals surface area contributed by atoms with Crippen LogP contribution in [0.15, 0.2) is 47.5 Å². The molecule has 35 heavy (non-hydrogen) atoms. The lowest BCUT2D eigenvalue weighted by Crippen LogP contribution is -2.26. The maximum Gasteiger partial charge on any atom is 0.288 e. The number of hydrogen-bond acceptors (Lipinski definition) is 8. The monoisotopic (exact) mass is 495 g/mol. The molecule has 2 amide bonds. The van der Waals surface area contributed by atoms with Crippen molar-refractivity contribution in [3.8, 4) is 0 Å². The number of H-pyrrole nitrogens is 1. The number of carbonyl (C=O) groups excluding carboxylic acids is 2. The molecular weight excluding hydrogens is 466 g/mol.